The van der Waals surface area contributed by atoms with Crippen LogP contribution in [0.5, 0.6) is 0 Å². The minimum Gasteiger partial charge on any atom is -0.456 e. The van der Waals surface area contributed by atoms with Crippen molar-refractivity contribution in [3.05, 3.63) is 48.3 Å². The summed E-state index contributed by atoms with van der Waals surface area (Å²) >= 11 is 0. The van der Waals surface area contributed by atoms with Crippen molar-refractivity contribution in [3.8, 4) is 0 Å². The Bertz CT molecular complexity index is 935. The Labute approximate surface area is 169 Å². The van der Waals surface area contributed by atoms with Gasteiger partial charge in [-0.3, -0.25) is 9.59 Å². The molecule has 0 bridgehead atoms. The fourth-order valence-electron chi connectivity index (χ4n) is 2.23. The maximum absolute atomic E-state index is 12.3. The van der Waals surface area contributed by atoms with Gasteiger partial charge in [-0.1, -0.05) is 18.2 Å². The SMILES string of the molecule is CN(C)S(=O)(=O)c1ccccc1CNC(=O)COC(=O)CCNc1ncccn1. The molecule has 1 aromatic carbocycles. The van der Waals surface area contributed by atoms with Crippen LogP contribution in [0.1, 0.15) is 12.0 Å². The average Bonchev–Trinajstić information content (AvgIpc) is 2.71. The molecule has 1 aromatic heterocycles. The molecule has 0 saturated carbocycles. The largest absolute Gasteiger partial charge is 0.456 e. The van der Waals surface area contributed by atoms with Gasteiger partial charge in [-0.25, -0.2) is 22.7 Å². The van der Waals surface area contributed by atoms with E-state index in [0.29, 0.717) is 11.5 Å². The molecule has 156 valence electrons. The van der Waals surface area contributed by atoms with Crippen LogP contribution in [0.25, 0.3) is 0 Å². The van der Waals surface area contributed by atoms with E-state index in [1.54, 1.807) is 36.7 Å². The Kier molecular flexibility index (Phi) is 8.04. The molecular formula is C18H23N5O5S. The number of ether oxygens (including phenoxy) is 1. The molecule has 0 fully saturated rings. The van der Waals surface area contributed by atoms with Gasteiger partial charge in [0.2, 0.25) is 16.0 Å². The molecule has 0 aliphatic carbocycles. The molecule has 1 amide bonds. The van der Waals surface area contributed by atoms with Crippen LogP contribution in [-0.2, 0) is 30.9 Å². The number of hydrogen-bond donors (Lipinski definition) is 2. The predicted molar refractivity (Wildman–Crippen MR) is 105 cm³/mol. The van der Waals surface area contributed by atoms with Crippen LogP contribution in [0.15, 0.2) is 47.6 Å². The summed E-state index contributed by atoms with van der Waals surface area (Å²) in [6.45, 7) is -0.198. The topological polar surface area (TPSA) is 131 Å². The molecule has 10 nitrogen and oxygen atoms in total. The lowest BCUT2D eigenvalue weighted by molar-refractivity contribution is -0.148. The summed E-state index contributed by atoms with van der Waals surface area (Å²) < 4.78 is 30.7. The third-order valence-electron chi connectivity index (χ3n) is 3.75. The molecule has 0 spiro atoms. The molecule has 0 aliphatic heterocycles. The monoisotopic (exact) mass is 421 g/mol. The molecule has 2 aromatic rings. The van der Waals surface area contributed by atoms with Crippen LogP contribution in [0.2, 0.25) is 0 Å². The van der Waals surface area contributed by atoms with Crippen molar-refractivity contribution in [2.75, 3.05) is 32.6 Å². The fourth-order valence-corrected chi connectivity index (χ4v) is 3.34. The van der Waals surface area contributed by atoms with Gasteiger partial charge in [-0.05, 0) is 17.7 Å². The number of carbonyl (C=O) groups is 2. The second-order valence-corrected chi connectivity index (χ2v) is 8.20. The minimum absolute atomic E-state index is 0.00741. The van der Waals surface area contributed by atoms with Crippen molar-refractivity contribution in [2.45, 2.75) is 17.9 Å². The zero-order chi connectivity index (χ0) is 21.3. The molecule has 2 rings (SSSR count). The summed E-state index contributed by atoms with van der Waals surface area (Å²) in [4.78, 5) is 31.6. The first-order chi connectivity index (χ1) is 13.8. The lowest BCUT2D eigenvalue weighted by atomic mass is 10.2. The molecule has 0 saturated heterocycles. The second kappa shape index (κ2) is 10.5. The van der Waals surface area contributed by atoms with E-state index in [4.69, 9.17) is 4.74 Å². The first-order valence-corrected chi connectivity index (χ1v) is 10.2. The zero-order valence-electron chi connectivity index (χ0n) is 16.2. The van der Waals surface area contributed by atoms with Crippen molar-refractivity contribution in [1.29, 1.82) is 0 Å². The van der Waals surface area contributed by atoms with Crippen molar-refractivity contribution < 1.29 is 22.7 Å². The number of rotatable bonds is 10. The third-order valence-corrected chi connectivity index (χ3v) is 5.67. The predicted octanol–water partition coefficient (Wildman–Crippen LogP) is 0.389. The van der Waals surface area contributed by atoms with E-state index in [9.17, 15) is 18.0 Å². The number of anilines is 1. The first-order valence-electron chi connectivity index (χ1n) is 8.74. The highest BCUT2D eigenvalue weighted by Crippen LogP contribution is 2.18. The average molecular weight is 421 g/mol. The van der Waals surface area contributed by atoms with Crippen molar-refractivity contribution in [1.82, 2.24) is 19.6 Å². The summed E-state index contributed by atoms with van der Waals surface area (Å²) in [5, 5.41) is 5.41. The Balaban J connectivity index is 1.77. The van der Waals surface area contributed by atoms with Crippen LogP contribution in [0.3, 0.4) is 0 Å². The fraction of sp³-hybridized carbons (Fsp3) is 0.333. The van der Waals surface area contributed by atoms with E-state index in [2.05, 4.69) is 20.6 Å². The van der Waals surface area contributed by atoms with Gasteiger partial charge in [0.15, 0.2) is 6.61 Å². The number of nitrogens with one attached hydrogen (secondary N) is 2. The van der Waals surface area contributed by atoms with Gasteiger partial charge in [0.1, 0.15) is 0 Å². The van der Waals surface area contributed by atoms with Crippen molar-refractivity contribution in [3.63, 3.8) is 0 Å². The number of sulfonamides is 1. The van der Waals surface area contributed by atoms with Crippen LogP contribution in [0, 0.1) is 0 Å². The van der Waals surface area contributed by atoms with Gasteiger partial charge in [-0.2, -0.15) is 0 Å². The molecule has 2 N–H and O–H groups in total. The Morgan fingerprint density at radius 3 is 2.48 bits per heavy atom. The molecule has 0 aliphatic rings. The van der Waals surface area contributed by atoms with Crippen LogP contribution >= 0.6 is 0 Å². The Morgan fingerprint density at radius 2 is 1.79 bits per heavy atom. The highest BCUT2D eigenvalue weighted by molar-refractivity contribution is 7.89. The smallest absolute Gasteiger partial charge is 0.308 e. The molecular weight excluding hydrogens is 398 g/mol. The summed E-state index contributed by atoms with van der Waals surface area (Å²) in [7, 11) is -0.768. The Hall–Kier alpha value is -3.05. The molecule has 29 heavy (non-hydrogen) atoms. The number of amides is 1. The van der Waals surface area contributed by atoms with Gasteiger partial charge in [0.05, 0.1) is 11.3 Å². The van der Waals surface area contributed by atoms with Crippen LogP contribution in [0.4, 0.5) is 5.95 Å². The standard InChI is InChI=1S/C18H23N5O5S/c1-23(2)29(26,27)15-7-4-3-6-14(15)12-22-16(24)13-28-17(25)8-11-21-18-19-9-5-10-20-18/h3-7,9-10H,8,11-13H2,1-2H3,(H,22,24)(H,19,20,21). The highest BCUT2D eigenvalue weighted by Gasteiger charge is 2.20. The summed E-state index contributed by atoms with van der Waals surface area (Å²) in [5.74, 6) is -0.696. The van der Waals surface area contributed by atoms with E-state index < -0.39 is 28.5 Å². The summed E-state index contributed by atoms with van der Waals surface area (Å²) in [6.07, 6.45) is 3.18. The van der Waals surface area contributed by atoms with Gasteiger partial charge < -0.3 is 15.4 Å². The number of nitrogens with zero attached hydrogens (tertiary/aromatic N) is 3. The highest BCUT2D eigenvalue weighted by atomic mass is 32.2. The van der Waals surface area contributed by atoms with E-state index in [1.807, 2.05) is 0 Å². The normalized spacial score (nSPS) is 11.1. The van der Waals surface area contributed by atoms with Crippen molar-refractivity contribution in [2.24, 2.45) is 0 Å². The van der Waals surface area contributed by atoms with E-state index in [-0.39, 0.29) is 24.4 Å². The number of esters is 1. The van der Waals surface area contributed by atoms with E-state index in [1.165, 1.54) is 20.2 Å². The van der Waals surface area contributed by atoms with Gasteiger partial charge >= 0.3 is 5.97 Å². The number of carbonyl (C=O) groups excluding carboxylic acids is 2. The summed E-state index contributed by atoms with van der Waals surface area (Å²) in [6, 6.07) is 8.05. The lowest BCUT2D eigenvalue weighted by Gasteiger charge is -2.15. The van der Waals surface area contributed by atoms with E-state index >= 15 is 0 Å². The molecule has 11 heteroatoms. The quantitative estimate of drug-likeness (QED) is 0.527. The first kappa shape index (κ1) is 22.2. The molecule has 1 heterocycles. The number of aromatic nitrogens is 2. The maximum Gasteiger partial charge on any atom is 0.308 e. The Morgan fingerprint density at radius 1 is 1.10 bits per heavy atom. The molecule has 0 atom stereocenters. The van der Waals surface area contributed by atoms with Gasteiger partial charge in [-0.15, -0.1) is 0 Å². The minimum atomic E-state index is -3.63. The molecule has 0 unspecified atom stereocenters. The van der Waals surface area contributed by atoms with Gasteiger partial charge in [0, 0.05) is 39.6 Å². The number of benzene rings is 1. The van der Waals surface area contributed by atoms with Crippen LogP contribution < -0.4 is 10.6 Å². The van der Waals surface area contributed by atoms with E-state index in [0.717, 1.165) is 4.31 Å². The number of hydrogen-bond acceptors (Lipinski definition) is 8. The van der Waals surface area contributed by atoms with Crippen LogP contribution in [-0.4, -0.2) is 61.8 Å². The lowest BCUT2D eigenvalue weighted by Crippen LogP contribution is -2.30. The molecule has 0 radical (unpaired) electrons. The maximum atomic E-state index is 12.3. The summed E-state index contributed by atoms with van der Waals surface area (Å²) in [5.41, 5.74) is 0.438. The van der Waals surface area contributed by atoms with Crippen molar-refractivity contribution >= 4 is 27.8 Å². The third kappa shape index (κ3) is 6.80. The zero-order valence-corrected chi connectivity index (χ0v) is 17.0. The second-order valence-electron chi connectivity index (χ2n) is 6.08. The van der Waals surface area contributed by atoms with Gasteiger partial charge in [0.25, 0.3) is 5.91 Å².